The minimum atomic E-state index is -0.390. The predicted octanol–water partition coefficient (Wildman–Crippen LogP) is 2.14. The number of benzene rings is 1. The van der Waals surface area contributed by atoms with Gasteiger partial charge in [-0.1, -0.05) is 23.7 Å². The van der Waals surface area contributed by atoms with Gasteiger partial charge in [-0.3, -0.25) is 0 Å². The average molecular weight is 216 g/mol. The maximum atomic E-state index is 13.1. The molecule has 14 heavy (non-hydrogen) atoms. The second-order valence-electron chi connectivity index (χ2n) is 3.21. The van der Waals surface area contributed by atoms with Gasteiger partial charge in [-0.15, -0.1) is 0 Å². The van der Waals surface area contributed by atoms with Crippen LogP contribution in [0.2, 0.25) is 5.02 Å². The van der Waals surface area contributed by atoms with E-state index in [-0.39, 0.29) is 11.1 Å². The van der Waals surface area contributed by atoms with Gasteiger partial charge < -0.3 is 10.1 Å². The Labute approximate surface area is 87.0 Å². The third-order valence-electron chi connectivity index (χ3n) is 2.26. The molecule has 0 bridgehead atoms. The second kappa shape index (κ2) is 4.26. The first-order valence-corrected chi connectivity index (χ1v) is 4.93. The minimum Gasteiger partial charge on any atom is -0.371 e. The van der Waals surface area contributed by atoms with E-state index in [0.717, 1.165) is 12.1 Å². The van der Waals surface area contributed by atoms with Crippen LogP contribution < -0.4 is 5.32 Å². The van der Waals surface area contributed by atoms with Crippen LogP contribution >= 0.6 is 11.6 Å². The minimum absolute atomic E-state index is 0.132. The van der Waals surface area contributed by atoms with Crippen molar-refractivity contribution in [2.45, 2.75) is 6.10 Å². The Morgan fingerprint density at radius 3 is 3.07 bits per heavy atom. The highest BCUT2D eigenvalue weighted by atomic mass is 35.5. The Kier molecular flexibility index (Phi) is 3.01. The lowest BCUT2D eigenvalue weighted by Gasteiger charge is -2.24. The van der Waals surface area contributed by atoms with Crippen molar-refractivity contribution in [3.8, 4) is 0 Å². The lowest BCUT2D eigenvalue weighted by Crippen LogP contribution is -2.33. The van der Waals surface area contributed by atoms with Gasteiger partial charge in [-0.25, -0.2) is 4.39 Å². The molecule has 1 unspecified atom stereocenters. The predicted molar refractivity (Wildman–Crippen MR) is 53.0 cm³/mol. The monoisotopic (exact) mass is 215 g/mol. The molecule has 0 amide bonds. The van der Waals surface area contributed by atoms with E-state index in [4.69, 9.17) is 16.3 Å². The van der Waals surface area contributed by atoms with Crippen molar-refractivity contribution in [3.05, 3.63) is 34.6 Å². The van der Waals surface area contributed by atoms with E-state index in [1.165, 1.54) is 6.07 Å². The zero-order valence-electron chi connectivity index (χ0n) is 7.59. The van der Waals surface area contributed by atoms with E-state index < -0.39 is 5.82 Å². The molecule has 1 N–H and O–H groups in total. The van der Waals surface area contributed by atoms with Crippen LogP contribution in [0.5, 0.6) is 0 Å². The van der Waals surface area contributed by atoms with Crippen LogP contribution in [0, 0.1) is 5.82 Å². The number of hydrogen-bond acceptors (Lipinski definition) is 2. The van der Waals surface area contributed by atoms with Crippen molar-refractivity contribution in [3.63, 3.8) is 0 Å². The van der Waals surface area contributed by atoms with Gasteiger partial charge in [0.2, 0.25) is 0 Å². The van der Waals surface area contributed by atoms with Gasteiger partial charge in [-0.05, 0) is 6.07 Å². The molecule has 1 aromatic rings. The fourth-order valence-corrected chi connectivity index (χ4v) is 1.78. The standard InChI is InChI=1S/C10H11ClFNO/c11-10-7(2-1-3-8(10)12)9-6-13-4-5-14-9/h1-3,9,13H,4-6H2. The summed E-state index contributed by atoms with van der Waals surface area (Å²) in [5.74, 6) is -0.390. The summed E-state index contributed by atoms with van der Waals surface area (Å²) in [6.07, 6.45) is -0.132. The van der Waals surface area contributed by atoms with Crippen molar-refractivity contribution >= 4 is 11.6 Å². The largest absolute Gasteiger partial charge is 0.371 e. The van der Waals surface area contributed by atoms with Crippen LogP contribution in [-0.2, 0) is 4.74 Å². The van der Waals surface area contributed by atoms with Gasteiger partial charge in [0.25, 0.3) is 0 Å². The summed E-state index contributed by atoms with van der Waals surface area (Å²) in [5, 5.41) is 3.34. The summed E-state index contributed by atoms with van der Waals surface area (Å²) < 4.78 is 18.6. The highest BCUT2D eigenvalue weighted by Crippen LogP contribution is 2.28. The maximum absolute atomic E-state index is 13.1. The van der Waals surface area contributed by atoms with Crippen molar-refractivity contribution in [1.82, 2.24) is 5.32 Å². The van der Waals surface area contributed by atoms with Crippen molar-refractivity contribution in [1.29, 1.82) is 0 Å². The van der Waals surface area contributed by atoms with E-state index in [9.17, 15) is 4.39 Å². The molecule has 0 aromatic heterocycles. The van der Waals surface area contributed by atoms with Crippen LogP contribution in [0.1, 0.15) is 11.7 Å². The van der Waals surface area contributed by atoms with Gasteiger partial charge in [0.1, 0.15) is 5.82 Å². The van der Waals surface area contributed by atoms with Crippen LogP contribution in [-0.4, -0.2) is 19.7 Å². The van der Waals surface area contributed by atoms with Gasteiger partial charge in [0.15, 0.2) is 0 Å². The number of nitrogens with one attached hydrogen (secondary N) is 1. The fourth-order valence-electron chi connectivity index (χ4n) is 1.53. The SMILES string of the molecule is Fc1cccc(C2CNCCO2)c1Cl. The molecule has 1 saturated heterocycles. The number of ether oxygens (including phenoxy) is 1. The van der Waals surface area contributed by atoms with Crippen molar-refractivity contribution in [2.75, 3.05) is 19.7 Å². The molecule has 0 radical (unpaired) electrons. The average Bonchev–Trinajstić information content (AvgIpc) is 2.23. The lowest BCUT2D eigenvalue weighted by molar-refractivity contribution is 0.0276. The molecule has 1 atom stereocenters. The Balaban J connectivity index is 2.26. The van der Waals surface area contributed by atoms with Crippen molar-refractivity contribution in [2.24, 2.45) is 0 Å². The normalized spacial score (nSPS) is 22.3. The van der Waals surface area contributed by atoms with Gasteiger partial charge in [-0.2, -0.15) is 0 Å². The van der Waals surface area contributed by atoms with Crippen molar-refractivity contribution < 1.29 is 9.13 Å². The third kappa shape index (κ3) is 1.90. The molecular formula is C10H11ClFNO. The molecule has 0 spiro atoms. The molecule has 1 aromatic carbocycles. The van der Waals surface area contributed by atoms with Crippen LogP contribution in [0.15, 0.2) is 18.2 Å². The molecular weight excluding hydrogens is 205 g/mol. The molecule has 0 saturated carbocycles. The number of morpholine rings is 1. The van der Waals surface area contributed by atoms with Crippen LogP contribution in [0.3, 0.4) is 0 Å². The number of hydrogen-bond donors (Lipinski definition) is 1. The van der Waals surface area contributed by atoms with E-state index >= 15 is 0 Å². The Morgan fingerprint density at radius 1 is 1.50 bits per heavy atom. The molecule has 1 heterocycles. The summed E-state index contributed by atoms with van der Waals surface area (Å²) in [4.78, 5) is 0. The highest BCUT2D eigenvalue weighted by Gasteiger charge is 2.19. The quantitative estimate of drug-likeness (QED) is 0.775. The Hall–Kier alpha value is -0.640. The van der Waals surface area contributed by atoms with E-state index in [2.05, 4.69) is 5.32 Å². The zero-order chi connectivity index (χ0) is 9.97. The lowest BCUT2D eigenvalue weighted by atomic mass is 10.1. The maximum Gasteiger partial charge on any atom is 0.142 e. The molecule has 4 heteroatoms. The summed E-state index contributed by atoms with van der Waals surface area (Å²) in [6, 6.07) is 4.79. The molecule has 76 valence electrons. The summed E-state index contributed by atoms with van der Waals surface area (Å²) in [7, 11) is 0. The molecule has 1 aliphatic rings. The second-order valence-corrected chi connectivity index (χ2v) is 3.58. The first kappa shape index (κ1) is 9.90. The van der Waals surface area contributed by atoms with E-state index in [1.807, 2.05) is 0 Å². The Morgan fingerprint density at radius 2 is 2.36 bits per heavy atom. The highest BCUT2D eigenvalue weighted by molar-refractivity contribution is 6.31. The molecule has 1 fully saturated rings. The topological polar surface area (TPSA) is 21.3 Å². The first-order chi connectivity index (χ1) is 6.79. The molecule has 2 nitrogen and oxygen atoms in total. The van der Waals surface area contributed by atoms with Gasteiger partial charge >= 0.3 is 0 Å². The smallest absolute Gasteiger partial charge is 0.142 e. The summed E-state index contributed by atoms with van der Waals surface area (Å²) in [5.41, 5.74) is 0.721. The number of rotatable bonds is 1. The summed E-state index contributed by atoms with van der Waals surface area (Å²) in [6.45, 7) is 2.16. The molecule has 2 rings (SSSR count). The molecule has 1 aliphatic heterocycles. The fraction of sp³-hybridized carbons (Fsp3) is 0.400. The van der Waals surface area contributed by atoms with Gasteiger partial charge in [0, 0.05) is 18.7 Å². The summed E-state index contributed by atoms with van der Waals surface area (Å²) >= 11 is 5.84. The number of halogens is 2. The Bertz CT molecular complexity index is 326. The van der Waals surface area contributed by atoms with E-state index in [0.29, 0.717) is 13.2 Å². The first-order valence-electron chi connectivity index (χ1n) is 4.55. The zero-order valence-corrected chi connectivity index (χ0v) is 8.35. The van der Waals surface area contributed by atoms with Gasteiger partial charge in [0.05, 0.1) is 17.7 Å². The molecule has 0 aliphatic carbocycles. The third-order valence-corrected chi connectivity index (χ3v) is 2.65. The van der Waals surface area contributed by atoms with Crippen LogP contribution in [0.4, 0.5) is 4.39 Å². The van der Waals surface area contributed by atoms with E-state index in [1.54, 1.807) is 12.1 Å². The van der Waals surface area contributed by atoms with Crippen LogP contribution in [0.25, 0.3) is 0 Å².